The maximum absolute atomic E-state index is 4.35. The summed E-state index contributed by atoms with van der Waals surface area (Å²) in [5.41, 5.74) is 17.5. The van der Waals surface area contributed by atoms with E-state index in [2.05, 4.69) is 192 Å². The number of para-hydroxylation sites is 2. The summed E-state index contributed by atoms with van der Waals surface area (Å²) in [6, 6.07) is 57.7. The van der Waals surface area contributed by atoms with Gasteiger partial charge >= 0.3 is 0 Å². The zero-order valence-electron chi connectivity index (χ0n) is 29.9. The van der Waals surface area contributed by atoms with E-state index in [9.17, 15) is 0 Å². The summed E-state index contributed by atoms with van der Waals surface area (Å²) in [5.74, 6) is 0.290. The molecular formula is C50H39N3. The Labute approximate surface area is 311 Å². The van der Waals surface area contributed by atoms with Crippen molar-refractivity contribution < 1.29 is 0 Å². The lowest BCUT2D eigenvalue weighted by Crippen LogP contribution is -2.16. The van der Waals surface area contributed by atoms with E-state index < -0.39 is 0 Å². The van der Waals surface area contributed by atoms with Gasteiger partial charge in [-0.15, -0.1) is 0 Å². The molecule has 8 aromatic rings. The Morgan fingerprint density at radius 1 is 0.623 bits per heavy atom. The maximum Gasteiger partial charge on any atom is 0.0537 e. The van der Waals surface area contributed by atoms with Crippen LogP contribution in [0.2, 0.25) is 0 Å². The van der Waals surface area contributed by atoms with Crippen molar-refractivity contribution in [2.45, 2.75) is 31.6 Å². The van der Waals surface area contributed by atoms with Gasteiger partial charge in [-0.3, -0.25) is 4.98 Å². The molecule has 0 aliphatic heterocycles. The van der Waals surface area contributed by atoms with Crippen molar-refractivity contribution in [3.05, 3.63) is 204 Å². The summed E-state index contributed by atoms with van der Waals surface area (Å²) in [5, 5.41) is 1.33. The first-order valence-electron chi connectivity index (χ1n) is 18.6. The second kappa shape index (κ2) is 12.4. The van der Waals surface area contributed by atoms with E-state index in [1.165, 1.54) is 55.7 Å². The number of hydrogen-bond donors (Lipinski definition) is 0. The highest BCUT2D eigenvalue weighted by Crippen LogP contribution is 2.50. The molecule has 0 fully saturated rings. The zero-order valence-corrected chi connectivity index (χ0v) is 29.9. The van der Waals surface area contributed by atoms with Gasteiger partial charge in [0.05, 0.1) is 5.52 Å². The van der Waals surface area contributed by atoms with Crippen LogP contribution in [0.5, 0.6) is 0 Å². The van der Waals surface area contributed by atoms with E-state index in [-0.39, 0.29) is 11.3 Å². The highest BCUT2D eigenvalue weighted by Gasteiger charge is 2.35. The van der Waals surface area contributed by atoms with Crippen LogP contribution in [-0.2, 0) is 11.8 Å². The molecule has 3 nitrogen and oxygen atoms in total. The Hall–Kier alpha value is -6.45. The quantitative estimate of drug-likeness (QED) is 0.174. The van der Waals surface area contributed by atoms with E-state index in [0.717, 1.165) is 34.6 Å². The van der Waals surface area contributed by atoms with Crippen LogP contribution in [0.3, 0.4) is 0 Å². The second-order valence-electron chi connectivity index (χ2n) is 14.8. The minimum Gasteiger partial charge on any atom is -0.310 e. The molecule has 0 bridgehead atoms. The van der Waals surface area contributed by atoms with Gasteiger partial charge in [0.1, 0.15) is 0 Å². The number of fused-ring (bicyclic) bond motifs is 6. The first kappa shape index (κ1) is 31.3. The predicted molar refractivity (Wildman–Crippen MR) is 221 cm³/mol. The highest BCUT2D eigenvalue weighted by molar-refractivity contribution is 5.91. The molecule has 1 atom stereocenters. The summed E-state index contributed by atoms with van der Waals surface area (Å²) in [7, 11) is 0. The summed E-state index contributed by atoms with van der Waals surface area (Å²) in [6.07, 6.45) is 9.44. The van der Waals surface area contributed by atoms with Crippen LogP contribution in [0.1, 0.15) is 47.7 Å². The minimum absolute atomic E-state index is 0.0859. The largest absolute Gasteiger partial charge is 0.310 e. The lowest BCUT2D eigenvalue weighted by Gasteiger charge is -2.29. The molecule has 2 aliphatic rings. The fourth-order valence-corrected chi connectivity index (χ4v) is 8.78. The van der Waals surface area contributed by atoms with Gasteiger partial charge in [0.2, 0.25) is 0 Å². The normalized spacial score (nSPS) is 15.2. The number of allylic oxidation sites excluding steroid dienone is 1. The standard InChI is InChI=1S/C50H39N3/c1-50(2)46-16-8-6-14-42(46)43-28-27-41(32-47(43)50)52(40-25-20-35(21-26-40)37-11-10-30-51-33-37)39-23-18-34(19-24-39)36-22-29-49-45(31-36)44-15-7-9-17-48(44)53(49)38-12-4-3-5-13-38/h3-30,32-33,36H,31H2,1-2H3. The van der Waals surface area contributed by atoms with Crippen LogP contribution in [0.4, 0.5) is 17.1 Å². The summed E-state index contributed by atoms with van der Waals surface area (Å²) in [4.78, 5) is 6.75. The van der Waals surface area contributed by atoms with Gasteiger partial charge in [-0.05, 0) is 118 Å². The Balaban J connectivity index is 1.03. The van der Waals surface area contributed by atoms with E-state index in [4.69, 9.17) is 0 Å². The number of nitrogens with zero attached hydrogens (tertiary/aromatic N) is 3. The van der Waals surface area contributed by atoms with Crippen LogP contribution in [-0.4, -0.2) is 9.55 Å². The topological polar surface area (TPSA) is 21.1 Å². The molecule has 3 heteroatoms. The van der Waals surface area contributed by atoms with Gasteiger partial charge in [0.25, 0.3) is 0 Å². The van der Waals surface area contributed by atoms with Crippen LogP contribution in [0.25, 0.3) is 44.9 Å². The average Bonchev–Trinajstić information content (AvgIpc) is 3.67. The first-order chi connectivity index (χ1) is 26.0. The lowest BCUT2D eigenvalue weighted by molar-refractivity contribution is 0.660. The summed E-state index contributed by atoms with van der Waals surface area (Å²) in [6.45, 7) is 4.70. The highest BCUT2D eigenvalue weighted by atomic mass is 15.1. The molecule has 0 amide bonds. The van der Waals surface area contributed by atoms with Gasteiger partial charge < -0.3 is 9.47 Å². The smallest absolute Gasteiger partial charge is 0.0537 e. The van der Waals surface area contributed by atoms with Gasteiger partial charge in [-0.25, -0.2) is 0 Å². The Morgan fingerprint density at radius 2 is 1.32 bits per heavy atom. The third-order valence-corrected chi connectivity index (χ3v) is 11.5. The molecule has 2 heterocycles. The van der Waals surface area contributed by atoms with Crippen LogP contribution < -0.4 is 4.90 Å². The van der Waals surface area contributed by atoms with Gasteiger partial charge in [0.15, 0.2) is 0 Å². The van der Waals surface area contributed by atoms with E-state index >= 15 is 0 Å². The molecule has 10 rings (SSSR count). The molecule has 53 heavy (non-hydrogen) atoms. The van der Waals surface area contributed by atoms with Crippen molar-refractivity contribution >= 4 is 34.0 Å². The Morgan fingerprint density at radius 3 is 2.11 bits per heavy atom. The fraction of sp³-hybridized carbons (Fsp3) is 0.100. The number of aromatic nitrogens is 2. The number of rotatable bonds is 6. The SMILES string of the molecule is CC1(C)c2ccccc2-c2ccc(N(c3ccc(-c4cccnc4)cc3)c3ccc(C4C=Cc5c(c6ccccc6n5-c5ccccc5)C4)cc3)cc21. The minimum atomic E-state index is -0.0859. The molecule has 0 spiro atoms. The number of pyridine rings is 1. The van der Waals surface area contributed by atoms with Crippen LogP contribution in [0, 0.1) is 0 Å². The van der Waals surface area contributed by atoms with Crippen LogP contribution >= 0.6 is 0 Å². The first-order valence-corrected chi connectivity index (χ1v) is 18.6. The van der Waals surface area contributed by atoms with Crippen molar-refractivity contribution in [1.82, 2.24) is 9.55 Å². The monoisotopic (exact) mass is 681 g/mol. The van der Waals surface area contributed by atoms with Crippen molar-refractivity contribution in [2.75, 3.05) is 4.90 Å². The molecule has 6 aromatic carbocycles. The summed E-state index contributed by atoms with van der Waals surface area (Å²) < 4.78 is 2.41. The Kier molecular flexibility index (Phi) is 7.29. The third-order valence-electron chi connectivity index (χ3n) is 11.5. The van der Waals surface area contributed by atoms with E-state index in [1.54, 1.807) is 0 Å². The van der Waals surface area contributed by atoms with Crippen molar-refractivity contribution in [3.8, 4) is 27.9 Å². The molecular weight excluding hydrogens is 643 g/mol. The summed E-state index contributed by atoms with van der Waals surface area (Å²) >= 11 is 0. The van der Waals surface area contributed by atoms with Crippen molar-refractivity contribution in [3.63, 3.8) is 0 Å². The molecule has 0 radical (unpaired) electrons. The Bertz CT molecular complexity index is 2650. The fourth-order valence-electron chi connectivity index (χ4n) is 8.78. The molecule has 1 unspecified atom stereocenters. The maximum atomic E-state index is 4.35. The molecule has 0 saturated carbocycles. The molecule has 2 aromatic heterocycles. The predicted octanol–water partition coefficient (Wildman–Crippen LogP) is 12.8. The zero-order chi connectivity index (χ0) is 35.5. The molecule has 0 saturated heterocycles. The third kappa shape index (κ3) is 5.15. The lowest BCUT2D eigenvalue weighted by atomic mass is 9.82. The van der Waals surface area contributed by atoms with Crippen LogP contribution in [0.15, 0.2) is 176 Å². The second-order valence-corrected chi connectivity index (χ2v) is 14.8. The number of anilines is 3. The van der Waals surface area contributed by atoms with Crippen molar-refractivity contribution in [2.24, 2.45) is 0 Å². The van der Waals surface area contributed by atoms with E-state index in [1.807, 2.05) is 18.5 Å². The van der Waals surface area contributed by atoms with Crippen molar-refractivity contribution in [1.29, 1.82) is 0 Å². The molecule has 2 aliphatic carbocycles. The molecule has 254 valence electrons. The van der Waals surface area contributed by atoms with Gasteiger partial charge in [-0.2, -0.15) is 0 Å². The molecule has 0 N–H and O–H groups in total. The average molecular weight is 682 g/mol. The van der Waals surface area contributed by atoms with Gasteiger partial charge in [0, 0.05) is 57.6 Å². The van der Waals surface area contributed by atoms with E-state index in [0.29, 0.717) is 0 Å². The van der Waals surface area contributed by atoms with Gasteiger partial charge in [-0.1, -0.05) is 117 Å². The number of hydrogen-bond acceptors (Lipinski definition) is 2. The number of benzene rings is 6.